The van der Waals surface area contributed by atoms with Gasteiger partial charge in [0.05, 0.1) is 6.61 Å². The van der Waals surface area contributed by atoms with Crippen LogP contribution in [0.25, 0.3) is 10.9 Å². The smallest absolute Gasteiger partial charge is 0.251 e. The maximum Gasteiger partial charge on any atom is 0.251 e. The van der Waals surface area contributed by atoms with Crippen LogP contribution in [0.4, 0.5) is 4.39 Å². The van der Waals surface area contributed by atoms with Gasteiger partial charge < -0.3 is 15.5 Å². The molecule has 2 aromatic carbocycles. The Morgan fingerprint density at radius 2 is 1.96 bits per heavy atom. The topological polar surface area (TPSA) is 68.1 Å². The Balaban J connectivity index is 1.78. The molecule has 0 aliphatic rings. The van der Waals surface area contributed by atoms with Crippen LogP contribution in [0.5, 0.6) is 5.75 Å². The number of hydrogen-bond donors (Lipinski definition) is 2. The number of hydrogen-bond acceptors (Lipinski definition) is 3. The van der Waals surface area contributed by atoms with Gasteiger partial charge in [0.1, 0.15) is 0 Å². The number of fused-ring (bicyclic) bond motifs is 1. The molecule has 3 aromatic rings. The molecular formula is C21H23FN2O2. The molecule has 4 nitrogen and oxygen atoms in total. The van der Waals surface area contributed by atoms with Crippen molar-refractivity contribution in [1.29, 1.82) is 0 Å². The lowest BCUT2D eigenvalue weighted by molar-refractivity contribution is 0.257. The minimum absolute atomic E-state index is 0.0706. The molecule has 0 radical (unpaired) electrons. The zero-order valence-electron chi connectivity index (χ0n) is 15.0. The molecule has 0 amide bonds. The highest BCUT2D eigenvalue weighted by Gasteiger charge is 2.22. The van der Waals surface area contributed by atoms with E-state index >= 15 is 0 Å². The molecule has 1 unspecified atom stereocenters. The molecule has 3 rings (SSSR count). The summed E-state index contributed by atoms with van der Waals surface area (Å²) in [6.07, 6.45) is 1.19. The number of aromatic nitrogens is 1. The molecule has 1 heterocycles. The number of aromatic amines is 1. The maximum absolute atomic E-state index is 13.6. The van der Waals surface area contributed by atoms with E-state index in [9.17, 15) is 9.18 Å². The Morgan fingerprint density at radius 3 is 2.69 bits per heavy atom. The van der Waals surface area contributed by atoms with Gasteiger partial charge >= 0.3 is 0 Å². The van der Waals surface area contributed by atoms with Crippen LogP contribution in [-0.2, 0) is 12.0 Å². The van der Waals surface area contributed by atoms with E-state index in [0.29, 0.717) is 12.8 Å². The molecule has 1 aromatic heterocycles. The van der Waals surface area contributed by atoms with E-state index < -0.39 is 5.54 Å². The van der Waals surface area contributed by atoms with Gasteiger partial charge in [0.15, 0.2) is 11.6 Å². The fraction of sp³-hybridized carbons (Fsp3) is 0.286. The van der Waals surface area contributed by atoms with E-state index in [0.717, 1.165) is 22.0 Å². The van der Waals surface area contributed by atoms with Crippen LogP contribution in [-0.4, -0.2) is 11.6 Å². The lowest BCUT2D eigenvalue weighted by Crippen LogP contribution is -2.34. The fourth-order valence-electron chi connectivity index (χ4n) is 2.94. The van der Waals surface area contributed by atoms with Gasteiger partial charge in [-0.15, -0.1) is 0 Å². The second kappa shape index (κ2) is 7.30. The Hall–Kier alpha value is -2.66. The number of nitrogens with one attached hydrogen (secondary N) is 1. The second-order valence-corrected chi connectivity index (χ2v) is 6.73. The van der Waals surface area contributed by atoms with Crippen molar-refractivity contribution in [2.24, 2.45) is 5.73 Å². The van der Waals surface area contributed by atoms with E-state index in [1.54, 1.807) is 18.2 Å². The first kappa shape index (κ1) is 18.1. The quantitative estimate of drug-likeness (QED) is 0.706. The molecule has 26 heavy (non-hydrogen) atoms. The number of halogens is 1. The van der Waals surface area contributed by atoms with Gasteiger partial charge in [-0.3, -0.25) is 4.79 Å². The first-order valence-electron chi connectivity index (χ1n) is 8.73. The van der Waals surface area contributed by atoms with Crippen molar-refractivity contribution in [3.63, 3.8) is 0 Å². The Bertz CT molecular complexity index is 979. The van der Waals surface area contributed by atoms with Crippen LogP contribution in [0.1, 0.15) is 31.4 Å². The largest absolute Gasteiger partial charge is 0.490 e. The molecule has 0 aliphatic carbocycles. The summed E-state index contributed by atoms with van der Waals surface area (Å²) < 4.78 is 19.1. The van der Waals surface area contributed by atoms with Gasteiger partial charge in [0.2, 0.25) is 0 Å². The van der Waals surface area contributed by atoms with Crippen molar-refractivity contribution in [3.05, 3.63) is 75.8 Å². The molecule has 3 N–H and O–H groups in total. The summed E-state index contributed by atoms with van der Waals surface area (Å²) in [5.41, 5.74) is 8.14. The van der Waals surface area contributed by atoms with Crippen LogP contribution in [0.2, 0.25) is 0 Å². The van der Waals surface area contributed by atoms with Crippen LogP contribution in [0, 0.1) is 5.82 Å². The van der Waals surface area contributed by atoms with E-state index in [-0.39, 0.29) is 23.7 Å². The first-order valence-corrected chi connectivity index (χ1v) is 8.73. The van der Waals surface area contributed by atoms with Crippen LogP contribution in [0.3, 0.4) is 0 Å². The summed E-state index contributed by atoms with van der Waals surface area (Å²) in [5.74, 6) is -0.167. The lowest BCUT2D eigenvalue weighted by Gasteiger charge is -2.25. The predicted octanol–water partition coefficient (Wildman–Crippen LogP) is 3.87. The SMILES string of the molecule is CCc1cc2ccc(C(C)(N)CCOc3ccccc3F)cc2[nH]c1=O. The Kier molecular flexibility index (Phi) is 5.09. The van der Waals surface area contributed by atoms with E-state index in [2.05, 4.69) is 4.98 Å². The lowest BCUT2D eigenvalue weighted by atomic mass is 9.89. The number of aryl methyl sites for hydroxylation is 1. The predicted molar refractivity (Wildman–Crippen MR) is 102 cm³/mol. The number of para-hydroxylation sites is 1. The molecule has 1 atom stereocenters. The Labute approximate surface area is 151 Å². The third-order valence-electron chi connectivity index (χ3n) is 4.68. The summed E-state index contributed by atoms with van der Waals surface area (Å²) >= 11 is 0. The van der Waals surface area contributed by atoms with E-state index in [1.807, 2.05) is 38.1 Å². The number of rotatable bonds is 6. The van der Waals surface area contributed by atoms with Crippen LogP contribution >= 0.6 is 0 Å². The van der Waals surface area contributed by atoms with Crippen molar-refractivity contribution in [2.45, 2.75) is 32.2 Å². The van der Waals surface area contributed by atoms with Gasteiger partial charge in [0.25, 0.3) is 5.56 Å². The fourth-order valence-corrected chi connectivity index (χ4v) is 2.94. The third-order valence-corrected chi connectivity index (χ3v) is 4.68. The second-order valence-electron chi connectivity index (χ2n) is 6.73. The van der Waals surface area contributed by atoms with Gasteiger partial charge in [-0.1, -0.05) is 31.2 Å². The Morgan fingerprint density at radius 1 is 1.19 bits per heavy atom. The normalized spacial score (nSPS) is 13.5. The van der Waals surface area contributed by atoms with Crippen molar-refractivity contribution < 1.29 is 9.13 Å². The van der Waals surface area contributed by atoms with Gasteiger partial charge in [0, 0.05) is 23.0 Å². The molecule has 136 valence electrons. The van der Waals surface area contributed by atoms with Crippen LogP contribution < -0.4 is 16.0 Å². The molecule has 0 saturated carbocycles. The average molecular weight is 354 g/mol. The molecule has 5 heteroatoms. The highest BCUT2D eigenvalue weighted by atomic mass is 19.1. The monoisotopic (exact) mass is 354 g/mol. The molecule has 0 spiro atoms. The zero-order chi connectivity index (χ0) is 18.7. The van der Waals surface area contributed by atoms with Crippen molar-refractivity contribution >= 4 is 10.9 Å². The van der Waals surface area contributed by atoms with Gasteiger partial charge in [-0.2, -0.15) is 0 Å². The summed E-state index contributed by atoms with van der Waals surface area (Å²) in [5, 5.41) is 0.976. The third kappa shape index (κ3) is 3.78. The molecule has 0 aliphatic heterocycles. The van der Waals surface area contributed by atoms with Crippen molar-refractivity contribution in [1.82, 2.24) is 4.98 Å². The van der Waals surface area contributed by atoms with Gasteiger partial charge in [-0.05, 0) is 48.6 Å². The first-order chi connectivity index (χ1) is 12.4. The maximum atomic E-state index is 13.6. The number of benzene rings is 2. The number of pyridine rings is 1. The summed E-state index contributed by atoms with van der Waals surface area (Å²) in [6.45, 7) is 4.14. The highest BCUT2D eigenvalue weighted by molar-refractivity contribution is 5.80. The molecule has 0 bridgehead atoms. The van der Waals surface area contributed by atoms with E-state index in [4.69, 9.17) is 10.5 Å². The molecule has 0 saturated heterocycles. The van der Waals surface area contributed by atoms with Gasteiger partial charge in [-0.25, -0.2) is 4.39 Å². The van der Waals surface area contributed by atoms with E-state index in [1.165, 1.54) is 6.07 Å². The minimum Gasteiger partial charge on any atom is -0.490 e. The number of nitrogens with two attached hydrogens (primary N) is 1. The minimum atomic E-state index is -0.667. The summed E-state index contributed by atoms with van der Waals surface area (Å²) in [7, 11) is 0. The number of ether oxygens (including phenoxy) is 1. The highest BCUT2D eigenvalue weighted by Crippen LogP contribution is 2.26. The zero-order valence-corrected chi connectivity index (χ0v) is 15.0. The van der Waals surface area contributed by atoms with Crippen molar-refractivity contribution in [2.75, 3.05) is 6.61 Å². The number of H-pyrrole nitrogens is 1. The molecular weight excluding hydrogens is 331 g/mol. The summed E-state index contributed by atoms with van der Waals surface area (Å²) in [6, 6.07) is 14.0. The average Bonchev–Trinajstić information content (AvgIpc) is 2.62. The molecule has 0 fully saturated rings. The van der Waals surface area contributed by atoms with Crippen molar-refractivity contribution in [3.8, 4) is 5.75 Å². The summed E-state index contributed by atoms with van der Waals surface area (Å²) in [4.78, 5) is 15.0. The standard InChI is InChI=1S/C21H23FN2O2/c1-3-14-12-15-8-9-16(13-18(15)24-20(14)25)21(2,23)10-11-26-19-7-5-4-6-17(19)22/h4-9,12-13H,3,10-11,23H2,1-2H3,(H,24,25). The van der Waals surface area contributed by atoms with Crippen LogP contribution in [0.15, 0.2) is 53.3 Å².